The van der Waals surface area contributed by atoms with E-state index in [9.17, 15) is 10.1 Å². The number of nitrogens with zero attached hydrogens (tertiary/aromatic N) is 3. The van der Waals surface area contributed by atoms with Gasteiger partial charge in [-0.05, 0) is 6.92 Å². The maximum Gasteiger partial charge on any atom is 0.272 e. The van der Waals surface area contributed by atoms with E-state index in [1.54, 1.807) is 6.92 Å². The second-order valence-electron chi connectivity index (χ2n) is 3.63. The van der Waals surface area contributed by atoms with Gasteiger partial charge in [0.1, 0.15) is 0 Å². The molecule has 1 aromatic carbocycles. The van der Waals surface area contributed by atoms with Crippen LogP contribution >= 0.6 is 23.2 Å². The average Bonchev–Trinajstić information content (AvgIpc) is 2.73. The van der Waals surface area contributed by atoms with Crippen LogP contribution in [-0.2, 0) is 6.54 Å². The van der Waals surface area contributed by atoms with Crippen molar-refractivity contribution in [1.29, 1.82) is 0 Å². The summed E-state index contributed by atoms with van der Waals surface area (Å²) in [5.41, 5.74) is 0.207. The fourth-order valence-electron chi connectivity index (χ4n) is 1.41. The first-order chi connectivity index (χ1) is 8.97. The summed E-state index contributed by atoms with van der Waals surface area (Å²) >= 11 is 11.9. The van der Waals surface area contributed by atoms with Gasteiger partial charge in [0.25, 0.3) is 5.69 Å². The number of aromatic nitrogens is 2. The lowest BCUT2D eigenvalue weighted by atomic mass is 10.2. The van der Waals surface area contributed by atoms with Gasteiger partial charge in [-0.25, -0.2) is 0 Å². The fraction of sp³-hybridized carbons (Fsp3) is 0.200. The van der Waals surface area contributed by atoms with Crippen LogP contribution in [0.2, 0.25) is 10.0 Å². The first-order valence-corrected chi connectivity index (χ1v) is 5.89. The van der Waals surface area contributed by atoms with Crippen LogP contribution in [0.25, 0.3) is 0 Å². The van der Waals surface area contributed by atoms with E-state index in [2.05, 4.69) is 15.5 Å². The molecular weight excluding hydrogens is 295 g/mol. The molecule has 9 heteroatoms. The Bertz CT molecular complexity index is 606. The number of hydrogen-bond acceptors (Lipinski definition) is 6. The minimum Gasteiger partial charge on any atom is -0.374 e. The summed E-state index contributed by atoms with van der Waals surface area (Å²) < 4.78 is 4.91. The highest BCUT2D eigenvalue weighted by molar-refractivity contribution is 6.39. The lowest BCUT2D eigenvalue weighted by Crippen LogP contribution is -2.01. The molecule has 0 aliphatic heterocycles. The molecule has 0 fully saturated rings. The van der Waals surface area contributed by atoms with Gasteiger partial charge in [-0.15, -0.1) is 0 Å². The SMILES string of the molecule is Cc1noc(CNc2c(Cl)cc([N+](=O)[O-])cc2Cl)n1. The lowest BCUT2D eigenvalue weighted by molar-refractivity contribution is -0.384. The van der Waals surface area contributed by atoms with E-state index in [0.717, 1.165) is 0 Å². The largest absolute Gasteiger partial charge is 0.374 e. The number of halogens is 2. The minimum atomic E-state index is -0.567. The molecule has 0 bridgehead atoms. The molecule has 0 spiro atoms. The predicted octanol–water partition coefficient (Wildman–Crippen LogP) is 3.21. The van der Waals surface area contributed by atoms with Crippen LogP contribution in [0.4, 0.5) is 11.4 Å². The van der Waals surface area contributed by atoms with E-state index in [1.807, 2.05) is 0 Å². The van der Waals surface area contributed by atoms with Crippen molar-refractivity contribution in [2.45, 2.75) is 13.5 Å². The smallest absolute Gasteiger partial charge is 0.272 e. The molecule has 0 unspecified atom stereocenters. The number of nitro benzene ring substituents is 1. The molecule has 0 saturated carbocycles. The number of aryl methyl sites for hydroxylation is 1. The Labute approximate surface area is 117 Å². The van der Waals surface area contributed by atoms with Crippen LogP contribution in [0.3, 0.4) is 0 Å². The van der Waals surface area contributed by atoms with Crippen molar-refractivity contribution in [2.24, 2.45) is 0 Å². The van der Waals surface area contributed by atoms with Gasteiger partial charge >= 0.3 is 0 Å². The highest BCUT2D eigenvalue weighted by atomic mass is 35.5. The summed E-state index contributed by atoms with van der Waals surface area (Å²) in [4.78, 5) is 14.1. The lowest BCUT2D eigenvalue weighted by Gasteiger charge is -2.08. The Morgan fingerprint density at radius 1 is 1.42 bits per heavy atom. The van der Waals surface area contributed by atoms with Crippen LogP contribution in [0.5, 0.6) is 0 Å². The molecule has 0 amide bonds. The van der Waals surface area contributed by atoms with Crippen molar-refractivity contribution in [1.82, 2.24) is 10.1 Å². The Morgan fingerprint density at radius 2 is 2.05 bits per heavy atom. The number of anilines is 1. The molecule has 1 N–H and O–H groups in total. The summed E-state index contributed by atoms with van der Waals surface area (Å²) in [6, 6.07) is 2.43. The second kappa shape index (κ2) is 5.41. The number of rotatable bonds is 4. The summed E-state index contributed by atoms with van der Waals surface area (Å²) in [6.45, 7) is 1.91. The standard InChI is InChI=1S/C10H8Cl2N4O3/c1-5-14-9(19-15-5)4-13-10-7(11)2-6(16(17)18)3-8(10)12/h2-3,13H,4H2,1H3. The van der Waals surface area contributed by atoms with Crippen molar-refractivity contribution in [3.63, 3.8) is 0 Å². The maximum atomic E-state index is 10.6. The van der Waals surface area contributed by atoms with Crippen molar-refractivity contribution in [3.05, 3.63) is 44.0 Å². The van der Waals surface area contributed by atoms with E-state index < -0.39 is 4.92 Å². The van der Waals surface area contributed by atoms with E-state index in [1.165, 1.54) is 12.1 Å². The molecule has 2 rings (SSSR count). The van der Waals surface area contributed by atoms with E-state index in [-0.39, 0.29) is 22.3 Å². The van der Waals surface area contributed by atoms with Gasteiger partial charge in [-0.2, -0.15) is 4.98 Å². The third kappa shape index (κ3) is 3.12. The van der Waals surface area contributed by atoms with Crippen LogP contribution in [0, 0.1) is 17.0 Å². The normalized spacial score (nSPS) is 10.5. The van der Waals surface area contributed by atoms with Gasteiger partial charge in [0.2, 0.25) is 5.89 Å². The third-order valence-electron chi connectivity index (χ3n) is 2.22. The zero-order valence-corrected chi connectivity index (χ0v) is 11.2. The van der Waals surface area contributed by atoms with Crippen molar-refractivity contribution >= 4 is 34.6 Å². The molecule has 0 aliphatic rings. The van der Waals surface area contributed by atoms with Crippen LogP contribution < -0.4 is 5.32 Å². The number of benzene rings is 1. The van der Waals surface area contributed by atoms with Crippen LogP contribution in [0.1, 0.15) is 11.7 Å². The Morgan fingerprint density at radius 3 is 2.53 bits per heavy atom. The average molecular weight is 303 g/mol. The number of nitro groups is 1. The van der Waals surface area contributed by atoms with Gasteiger partial charge in [0, 0.05) is 12.1 Å². The Hall–Kier alpha value is -1.86. The minimum absolute atomic E-state index is 0.149. The Kier molecular flexibility index (Phi) is 3.87. The summed E-state index contributed by atoms with van der Waals surface area (Å²) in [5.74, 6) is 0.876. The first kappa shape index (κ1) is 13.6. The molecule has 0 aliphatic carbocycles. The monoisotopic (exact) mass is 302 g/mol. The van der Waals surface area contributed by atoms with E-state index in [0.29, 0.717) is 17.4 Å². The highest BCUT2D eigenvalue weighted by Gasteiger charge is 2.15. The molecule has 0 atom stereocenters. The molecular formula is C10H8Cl2N4O3. The first-order valence-electron chi connectivity index (χ1n) is 5.14. The van der Waals surface area contributed by atoms with Gasteiger partial charge < -0.3 is 9.84 Å². The van der Waals surface area contributed by atoms with Gasteiger partial charge in [0.15, 0.2) is 5.82 Å². The predicted molar refractivity (Wildman–Crippen MR) is 69.5 cm³/mol. The van der Waals surface area contributed by atoms with Gasteiger partial charge in [-0.1, -0.05) is 28.4 Å². The fourth-order valence-corrected chi connectivity index (χ4v) is 2.02. The summed E-state index contributed by atoms with van der Waals surface area (Å²) in [5, 5.41) is 17.5. The molecule has 7 nitrogen and oxygen atoms in total. The molecule has 1 heterocycles. The topological polar surface area (TPSA) is 94.1 Å². The molecule has 0 saturated heterocycles. The van der Waals surface area contributed by atoms with Crippen LogP contribution in [-0.4, -0.2) is 15.1 Å². The van der Waals surface area contributed by atoms with Crippen LogP contribution in [0.15, 0.2) is 16.7 Å². The van der Waals surface area contributed by atoms with E-state index in [4.69, 9.17) is 27.7 Å². The molecule has 1 aromatic heterocycles. The second-order valence-corrected chi connectivity index (χ2v) is 4.44. The summed E-state index contributed by atoms with van der Waals surface area (Å²) in [6.07, 6.45) is 0. The molecule has 0 radical (unpaired) electrons. The zero-order chi connectivity index (χ0) is 14.0. The highest BCUT2D eigenvalue weighted by Crippen LogP contribution is 2.34. The zero-order valence-electron chi connectivity index (χ0n) is 9.68. The van der Waals surface area contributed by atoms with E-state index >= 15 is 0 Å². The number of non-ortho nitro benzene ring substituents is 1. The molecule has 2 aromatic rings. The summed E-state index contributed by atoms with van der Waals surface area (Å²) in [7, 11) is 0. The van der Waals surface area contributed by atoms with Crippen molar-refractivity contribution in [2.75, 3.05) is 5.32 Å². The number of nitrogens with one attached hydrogen (secondary N) is 1. The third-order valence-corrected chi connectivity index (χ3v) is 2.82. The quantitative estimate of drug-likeness (QED) is 0.688. The van der Waals surface area contributed by atoms with Gasteiger partial charge in [-0.3, -0.25) is 10.1 Å². The molecule has 100 valence electrons. The van der Waals surface area contributed by atoms with Crippen molar-refractivity contribution < 1.29 is 9.45 Å². The number of hydrogen-bond donors (Lipinski definition) is 1. The van der Waals surface area contributed by atoms with Gasteiger partial charge in [0.05, 0.1) is 27.2 Å². The maximum absolute atomic E-state index is 10.6. The molecule has 19 heavy (non-hydrogen) atoms. The Balaban J connectivity index is 2.18. The van der Waals surface area contributed by atoms with Crippen molar-refractivity contribution in [3.8, 4) is 0 Å².